The summed E-state index contributed by atoms with van der Waals surface area (Å²) in [5.41, 5.74) is 4.74. The van der Waals surface area contributed by atoms with Crippen molar-refractivity contribution >= 4 is 5.69 Å². The van der Waals surface area contributed by atoms with Crippen LogP contribution in [0.1, 0.15) is 36.8 Å². The van der Waals surface area contributed by atoms with Gasteiger partial charge >= 0.3 is 0 Å². The highest BCUT2D eigenvalue weighted by atomic mass is 15.2. The Morgan fingerprint density at radius 1 is 1.29 bits per heavy atom. The SMILES string of the molecule is C[C@@H]1C[C@@H]2c3cccc4c3N(CCNC4)[C@@H]2C1. The molecule has 1 saturated carbocycles. The van der Waals surface area contributed by atoms with Crippen LogP contribution in [0.15, 0.2) is 18.2 Å². The summed E-state index contributed by atoms with van der Waals surface area (Å²) >= 11 is 0. The molecule has 2 aliphatic heterocycles. The van der Waals surface area contributed by atoms with Crippen molar-refractivity contribution < 1.29 is 0 Å². The van der Waals surface area contributed by atoms with E-state index < -0.39 is 0 Å². The zero-order chi connectivity index (χ0) is 11.4. The minimum absolute atomic E-state index is 0.793. The molecule has 0 amide bonds. The molecule has 0 aromatic heterocycles. The fraction of sp³-hybridized carbons (Fsp3) is 0.600. The molecule has 0 spiro atoms. The lowest BCUT2D eigenvalue weighted by atomic mass is 9.95. The van der Waals surface area contributed by atoms with Crippen LogP contribution in [0.5, 0.6) is 0 Å². The molecule has 1 fully saturated rings. The Labute approximate surface area is 103 Å². The van der Waals surface area contributed by atoms with E-state index in [4.69, 9.17) is 0 Å². The summed E-state index contributed by atoms with van der Waals surface area (Å²) in [4.78, 5) is 2.71. The van der Waals surface area contributed by atoms with E-state index in [2.05, 4.69) is 35.3 Å². The van der Waals surface area contributed by atoms with Crippen LogP contribution < -0.4 is 10.2 Å². The van der Waals surface area contributed by atoms with Crippen molar-refractivity contribution in [3.05, 3.63) is 29.3 Å². The van der Waals surface area contributed by atoms with Gasteiger partial charge in [-0.05, 0) is 29.9 Å². The van der Waals surface area contributed by atoms with Gasteiger partial charge in [0.15, 0.2) is 0 Å². The Morgan fingerprint density at radius 3 is 3.18 bits per heavy atom. The van der Waals surface area contributed by atoms with E-state index in [1.165, 1.54) is 24.9 Å². The molecule has 3 aliphatic rings. The first-order chi connectivity index (χ1) is 8.34. The standard InChI is InChI=1S/C15H20N2/c1-10-7-13-12-4-2-3-11-9-16-5-6-17(15(11)12)14(13)8-10/h2-4,10,13-14,16H,5-9H2,1H3/t10-,13-,14-/m1/s1. The maximum Gasteiger partial charge on any atom is 0.0451 e. The van der Waals surface area contributed by atoms with E-state index in [9.17, 15) is 0 Å². The molecular formula is C15H20N2. The Balaban J connectivity index is 1.87. The van der Waals surface area contributed by atoms with E-state index in [1.54, 1.807) is 11.3 Å². The fourth-order valence-corrected chi connectivity index (χ4v) is 4.21. The number of anilines is 1. The van der Waals surface area contributed by atoms with Crippen molar-refractivity contribution in [1.29, 1.82) is 0 Å². The van der Waals surface area contributed by atoms with Gasteiger partial charge in [-0.3, -0.25) is 0 Å². The Bertz CT molecular complexity index is 454. The number of nitrogens with zero attached hydrogens (tertiary/aromatic N) is 1. The molecule has 3 atom stereocenters. The quantitative estimate of drug-likeness (QED) is 0.734. The van der Waals surface area contributed by atoms with E-state index in [0.717, 1.165) is 31.0 Å². The van der Waals surface area contributed by atoms with E-state index in [-0.39, 0.29) is 0 Å². The first-order valence-electron chi connectivity index (χ1n) is 6.94. The lowest BCUT2D eigenvalue weighted by Gasteiger charge is -2.26. The predicted octanol–water partition coefficient (Wildman–Crippen LogP) is 2.49. The van der Waals surface area contributed by atoms with Gasteiger partial charge in [0, 0.05) is 37.3 Å². The minimum Gasteiger partial charge on any atom is -0.366 e. The summed E-state index contributed by atoms with van der Waals surface area (Å²) in [5.74, 6) is 1.72. The lowest BCUT2D eigenvalue weighted by molar-refractivity contribution is 0.560. The molecule has 1 N–H and O–H groups in total. The summed E-state index contributed by atoms with van der Waals surface area (Å²) in [7, 11) is 0. The summed E-state index contributed by atoms with van der Waals surface area (Å²) in [6.07, 6.45) is 2.78. The number of nitrogens with one attached hydrogen (secondary N) is 1. The molecule has 0 bridgehead atoms. The third-order valence-corrected chi connectivity index (χ3v) is 4.85. The van der Waals surface area contributed by atoms with Gasteiger partial charge in [-0.2, -0.15) is 0 Å². The van der Waals surface area contributed by atoms with Gasteiger partial charge in [0.2, 0.25) is 0 Å². The molecule has 4 rings (SSSR count). The average molecular weight is 228 g/mol. The van der Waals surface area contributed by atoms with Crippen molar-refractivity contribution in [1.82, 2.24) is 5.32 Å². The van der Waals surface area contributed by atoms with E-state index in [1.807, 2.05) is 0 Å². The molecule has 0 unspecified atom stereocenters. The summed E-state index contributed by atoms with van der Waals surface area (Å²) < 4.78 is 0. The van der Waals surface area contributed by atoms with Crippen LogP contribution in [0.4, 0.5) is 5.69 Å². The van der Waals surface area contributed by atoms with Crippen LogP contribution in [-0.4, -0.2) is 19.1 Å². The summed E-state index contributed by atoms with van der Waals surface area (Å²) in [5, 5.41) is 3.54. The van der Waals surface area contributed by atoms with Crippen molar-refractivity contribution in [2.45, 2.75) is 38.3 Å². The Morgan fingerprint density at radius 2 is 2.24 bits per heavy atom. The van der Waals surface area contributed by atoms with Gasteiger partial charge in [0.1, 0.15) is 0 Å². The normalized spacial score (nSPS) is 34.4. The average Bonchev–Trinajstić information content (AvgIpc) is 2.73. The fourth-order valence-electron chi connectivity index (χ4n) is 4.21. The van der Waals surface area contributed by atoms with Crippen LogP contribution in [0.2, 0.25) is 0 Å². The van der Waals surface area contributed by atoms with Crippen molar-refractivity contribution in [3.63, 3.8) is 0 Å². The first kappa shape index (κ1) is 9.95. The Hall–Kier alpha value is -1.02. The second kappa shape index (κ2) is 3.49. The van der Waals surface area contributed by atoms with Gasteiger partial charge in [-0.15, -0.1) is 0 Å². The second-order valence-corrected chi connectivity index (χ2v) is 5.98. The zero-order valence-corrected chi connectivity index (χ0v) is 10.4. The monoisotopic (exact) mass is 228 g/mol. The van der Waals surface area contributed by atoms with Gasteiger partial charge in [-0.1, -0.05) is 25.1 Å². The largest absolute Gasteiger partial charge is 0.366 e. The maximum absolute atomic E-state index is 3.54. The minimum atomic E-state index is 0.793. The first-order valence-corrected chi connectivity index (χ1v) is 6.94. The molecular weight excluding hydrogens is 208 g/mol. The molecule has 1 aromatic carbocycles. The third-order valence-electron chi connectivity index (χ3n) is 4.85. The summed E-state index contributed by atoms with van der Waals surface area (Å²) in [6.45, 7) is 5.79. The van der Waals surface area contributed by atoms with Gasteiger partial charge in [-0.25, -0.2) is 0 Å². The van der Waals surface area contributed by atoms with Crippen LogP contribution in [0.25, 0.3) is 0 Å². The van der Waals surface area contributed by atoms with Crippen LogP contribution in [0, 0.1) is 5.92 Å². The third kappa shape index (κ3) is 1.30. The maximum atomic E-state index is 3.54. The van der Waals surface area contributed by atoms with E-state index >= 15 is 0 Å². The van der Waals surface area contributed by atoms with Crippen molar-refractivity contribution in [2.24, 2.45) is 5.92 Å². The van der Waals surface area contributed by atoms with Crippen LogP contribution in [0.3, 0.4) is 0 Å². The number of para-hydroxylation sites is 1. The number of benzene rings is 1. The molecule has 17 heavy (non-hydrogen) atoms. The number of hydrogen-bond donors (Lipinski definition) is 1. The van der Waals surface area contributed by atoms with Gasteiger partial charge < -0.3 is 10.2 Å². The van der Waals surface area contributed by atoms with Crippen LogP contribution in [-0.2, 0) is 6.54 Å². The van der Waals surface area contributed by atoms with E-state index in [0.29, 0.717) is 0 Å². The number of hydrogen-bond acceptors (Lipinski definition) is 2. The molecule has 90 valence electrons. The molecule has 2 heterocycles. The highest BCUT2D eigenvalue weighted by Gasteiger charge is 2.44. The van der Waals surface area contributed by atoms with Crippen molar-refractivity contribution in [3.8, 4) is 0 Å². The zero-order valence-electron chi connectivity index (χ0n) is 10.4. The smallest absolute Gasteiger partial charge is 0.0451 e. The van der Waals surface area contributed by atoms with Gasteiger partial charge in [0.05, 0.1) is 0 Å². The Kier molecular flexibility index (Phi) is 2.04. The van der Waals surface area contributed by atoms with Crippen molar-refractivity contribution in [2.75, 3.05) is 18.0 Å². The number of fused-ring (bicyclic) bond motifs is 3. The highest BCUT2D eigenvalue weighted by Crippen LogP contribution is 2.52. The number of rotatable bonds is 0. The molecule has 1 aliphatic carbocycles. The molecule has 0 saturated heterocycles. The predicted molar refractivity (Wildman–Crippen MR) is 70.4 cm³/mol. The second-order valence-electron chi connectivity index (χ2n) is 5.98. The molecule has 2 heteroatoms. The highest BCUT2D eigenvalue weighted by molar-refractivity contribution is 5.67. The lowest BCUT2D eigenvalue weighted by Crippen LogP contribution is -2.35. The summed E-state index contributed by atoms with van der Waals surface area (Å²) in [6, 6.07) is 7.72. The van der Waals surface area contributed by atoms with Gasteiger partial charge in [0.25, 0.3) is 0 Å². The molecule has 0 radical (unpaired) electrons. The topological polar surface area (TPSA) is 15.3 Å². The molecule has 2 nitrogen and oxygen atoms in total. The van der Waals surface area contributed by atoms with Crippen LogP contribution >= 0.6 is 0 Å². The molecule has 1 aromatic rings.